The highest BCUT2D eigenvalue weighted by Gasteiger charge is 2.16. The molecule has 4 aromatic rings. The largest absolute Gasteiger partial charge is 0.320 e. The maximum absolute atomic E-state index is 13.9. The standard InChI is InChI=1S/C18H12FN5O/c19-17-13(2-1-7-21-17)11-3-4-15-14(10-11)16(24-23-15)18(25)22-12-5-8-20-9-6-12/h1-10H,(H,23,24)(H,20,22,25). The number of hydrogen-bond acceptors (Lipinski definition) is 4. The second kappa shape index (κ2) is 6.12. The Morgan fingerprint density at radius 1 is 1.08 bits per heavy atom. The third-order valence-corrected chi connectivity index (χ3v) is 3.79. The number of halogens is 1. The van der Waals surface area contributed by atoms with E-state index in [9.17, 15) is 9.18 Å². The zero-order valence-electron chi connectivity index (χ0n) is 12.9. The van der Waals surface area contributed by atoms with E-state index in [0.29, 0.717) is 27.7 Å². The lowest BCUT2D eigenvalue weighted by atomic mass is 10.0. The smallest absolute Gasteiger partial charge is 0.276 e. The maximum Gasteiger partial charge on any atom is 0.276 e. The Labute approximate surface area is 141 Å². The van der Waals surface area contributed by atoms with Gasteiger partial charge in [-0.25, -0.2) is 4.98 Å². The molecule has 0 fully saturated rings. The summed E-state index contributed by atoms with van der Waals surface area (Å²) in [6.07, 6.45) is 4.56. The number of carbonyl (C=O) groups is 1. The number of pyridine rings is 2. The van der Waals surface area contributed by atoms with E-state index in [1.807, 2.05) is 0 Å². The van der Waals surface area contributed by atoms with Crippen molar-refractivity contribution in [1.29, 1.82) is 0 Å². The van der Waals surface area contributed by atoms with Gasteiger partial charge in [-0.3, -0.25) is 14.9 Å². The minimum atomic E-state index is -0.562. The third-order valence-electron chi connectivity index (χ3n) is 3.79. The molecule has 3 heterocycles. The highest BCUT2D eigenvalue weighted by molar-refractivity contribution is 6.11. The van der Waals surface area contributed by atoms with Crippen LogP contribution in [-0.4, -0.2) is 26.1 Å². The van der Waals surface area contributed by atoms with Crippen molar-refractivity contribution >= 4 is 22.5 Å². The molecule has 0 aliphatic carbocycles. The third kappa shape index (κ3) is 2.83. The number of hydrogen-bond donors (Lipinski definition) is 2. The number of anilines is 1. The number of nitrogens with zero attached hydrogens (tertiary/aromatic N) is 3. The molecule has 1 amide bonds. The van der Waals surface area contributed by atoms with Crippen molar-refractivity contribution < 1.29 is 9.18 Å². The highest BCUT2D eigenvalue weighted by atomic mass is 19.1. The van der Waals surface area contributed by atoms with Crippen LogP contribution in [0.3, 0.4) is 0 Å². The lowest BCUT2D eigenvalue weighted by Crippen LogP contribution is -2.12. The zero-order chi connectivity index (χ0) is 17.2. The van der Waals surface area contributed by atoms with Gasteiger partial charge in [-0.15, -0.1) is 0 Å². The van der Waals surface area contributed by atoms with Crippen molar-refractivity contribution in [2.75, 3.05) is 5.32 Å². The summed E-state index contributed by atoms with van der Waals surface area (Å²) in [5.41, 5.74) is 2.53. The fourth-order valence-electron chi connectivity index (χ4n) is 2.58. The number of amides is 1. The van der Waals surface area contributed by atoms with Gasteiger partial charge in [0.15, 0.2) is 5.69 Å². The predicted molar refractivity (Wildman–Crippen MR) is 91.5 cm³/mol. The van der Waals surface area contributed by atoms with Crippen molar-refractivity contribution in [3.05, 3.63) is 72.7 Å². The second-order valence-electron chi connectivity index (χ2n) is 5.36. The van der Waals surface area contributed by atoms with Gasteiger partial charge in [0.1, 0.15) is 0 Å². The Morgan fingerprint density at radius 2 is 1.92 bits per heavy atom. The van der Waals surface area contributed by atoms with Crippen LogP contribution < -0.4 is 5.32 Å². The van der Waals surface area contributed by atoms with E-state index < -0.39 is 5.95 Å². The molecule has 0 unspecified atom stereocenters. The molecule has 0 aliphatic heterocycles. The monoisotopic (exact) mass is 333 g/mol. The summed E-state index contributed by atoms with van der Waals surface area (Å²) in [4.78, 5) is 20.1. The number of aromatic amines is 1. The fraction of sp³-hybridized carbons (Fsp3) is 0. The van der Waals surface area contributed by atoms with E-state index in [4.69, 9.17) is 0 Å². The van der Waals surface area contributed by atoms with Gasteiger partial charge in [-0.1, -0.05) is 6.07 Å². The molecule has 122 valence electrons. The molecule has 0 aliphatic rings. The molecule has 7 heteroatoms. The first-order valence-electron chi connectivity index (χ1n) is 7.53. The van der Waals surface area contributed by atoms with E-state index in [-0.39, 0.29) is 11.6 Å². The first kappa shape index (κ1) is 14.9. The number of H-pyrrole nitrogens is 1. The molecule has 4 rings (SSSR count). The number of benzene rings is 1. The van der Waals surface area contributed by atoms with Gasteiger partial charge in [0, 0.05) is 35.2 Å². The molecule has 0 atom stereocenters. The van der Waals surface area contributed by atoms with E-state index in [1.54, 1.807) is 54.9 Å². The van der Waals surface area contributed by atoms with Crippen LogP contribution in [0.25, 0.3) is 22.0 Å². The maximum atomic E-state index is 13.9. The molecular formula is C18H12FN5O. The summed E-state index contributed by atoms with van der Waals surface area (Å²) in [6, 6.07) is 11.9. The van der Waals surface area contributed by atoms with Crippen LogP contribution in [0.4, 0.5) is 10.1 Å². The molecule has 1 aromatic carbocycles. The van der Waals surface area contributed by atoms with E-state index >= 15 is 0 Å². The summed E-state index contributed by atoms with van der Waals surface area (Å²) >= 11 is 0. The number of fused-ring (bicyclic) bond motifs is 1. The molecule has 0 saturated heterocycles. The van der Waals surface area contributed by atoms with Gasteiger partial charge >= 0.3 is 0 Å². The van der Waals surface area contributed by atoms with Crippen LogP contribution in [0, 0.1) is 5.95 Å². The number of aromatic nitrogens is 4. The minimum Gasteiger partial charge on any atom is -0.320 e. The first-order chi connectivity index (χ1) is 12.2. The van der Waals surface area contributed by atoms with E-state index in [1.165, 1.54) is 6.20 Å². The van der Waals surface area contributed by atoms with E-state index in [2.05, 4.69) is 25.5 Å². The second-order valence-corrected chi connectivity index (χ2v) is 5.36. The number of rotatable bonds is 3. The Balaban J connectivity index is 1.74. The number of carbonyl (C=O) groups excluding carboxylic acids is 1. The summed E-state index contributed by atoms with van der Waals surface area (Å²) < 4.78 is 13.9. The predicted octanol–water partition coefficient (Wildman–Crippen LogP) is 3.41. The van der Waals surface area contributed by atoms with Gasteiger partial charge in [-0.2, -0.15) is 9.49 Å². The molecular weight excluding hydrogens is 321 g/mol. The summed E-state index contributed by atoms with van der Waals surface area (Å²) in [5, 5.41) is 10.3. The lowest BCUT2D eigenvalue weighted by molar-refractivity contribution is 0.102. The first-order valence-corrected chi connectivity index (χ1v) is 7.53. The molecule has 0 radical (unpaired) electrons. The quantitative estimate of drug-likeness (QED) is 0.563. The molecule has 0 bridgehead atoms. The lowest BCUT2D eigenvalue weighted by Gasteiger charge is -2.04. The van der Waals surface area contributed by atoms with Crippen molar-refractivity contribution in [2.24, 2.45) is 0 Å². The summed E-state index contributed by atoms with van der Waals surface area (Å²) in [6.45, 7) is 0. The van der Waals surface area contributed by atoms with Gasteiger partial charge < -0.3 is 5.32 Å². The molecule has 2 N–H and O–H groups in total. The van der Waals surface area contributed by atoms with Crippen molar-refractivity contribution in [3.8, 4) is 11.1 Å². The van der Waals surface area contributed by atoms with Crippen LogP contribution in [-0.2, 0) is 0 Å². The zero-order valence-corrected chi connectivity index (χ0v) is 12.9. The molecule has 0 spiro atoms. The van der Waals surface area contributed by atoms with Crippen LogP contribution in [0.2, 0.25) is 0 Å². The Hall–Kier alpha value is -3.61. The normalized spacial score (nSPS) is 10.8. The minimum absolute atomic E-state index is 0.234. The fourth-order valence-corrected chi connectivity index (χ4v) is 2.58. The van der Waals surface area contributed by atoms with Crippen molar-refractivity contribution in [1.82, 2.24) is 20.2 Å². The highest BCUT2D eigenvalue weighted by Crippen LogP contribution is 2.26. The van der Waals surface area contributed by atoms with Crippen LogP contribution in [0.5, 0.6) is 0 Å². The van der Waals surface area contributed by atoms with Crippen LogP contribution >= 0.6 is 0 Å². The topological polar surface area (TPSA) is 83.6 Å². The van der Waals surface area contributed by atoms with Crippen LogP contribution in [0.1, 0.15) is 10.5 Å². The number of nitrogens with one attached hydrogen (secondary N) is 2. The molecule has 25 heavy (non-hydrogen) atoms. The van der Waals surface area contributed by atoms with Crippen molar-refractivity contribution in [3.63, 3.8) is 0 Å². The van der Waals surface area contributed by atoms with Gasteiger partial charge in [-0.05, 0) is 42.0 Å². The van der Waals surface area contributed by atoms with Gasteiger partial charge in [0.05, 0.1) is 5.52 Å². The molecule has 3 aromatic heterocycles. The van der Waals surface area contributed by atoms with Gasteiger partial charge in [0.25, 0.3) is 5.91 Å². The average molecular weight is 333 g/mol. The van der Waals surface area contributed by atoms with E-state index in [0.717, 1.165) is 0 Å². The summed E-state index contributed by atoms with van der Waals surface area (Å²) in [7, 11) is 0. The van der Waals surface area contributed by atoms with Crippen LogP contribution in [0.15, 0.2) is 61.1 Å². The molecule has 6 nitrogen and oxygen atoms in total. The summed E-state index contributed by atoms with van der Waals surface area (Å²) in [5.74, 6) is -0.922. The Morgan fingerprint density at radius 3 is 2.72 bits per heavy atom. The average Bonchev–Trinajstić information content (AvgIpc) is 3.06. The molecule has 0 saturated carbocycles. The SMILES string of the molecule is O=C(Nc1ccncc1)c1n[nH]c2ccc(-c3cccnc3F)cc12. The van der Waals surface area contributed by atoms with Gasteiger partial charge in [0.2, 0.25) is 5.95 Å². The van der Waals surface area contributed by atoms with Crippen molar-refractivity contribution in [2.45, 2.75) is 0 Å². The Bertz CT molecular complexity index is 1060. The Kier molecular flexibility index (Phi) is 3.66.